The highest BCUT2D eigenvalue weighted by atomic mass is 32.3. The molecular weight excluding hydrogens is 394 g/mol. The molecule has 156 valence electrons. The summed E-state index contributed by atoms with van der Waals surface area (Å²) in [5.41, 5.74) is 5.61. The van der Waals surface area contributed by atoms with Crippen molar-refractivity contribution >= 4 is 16.4 Å². The zero-order valence-corrected chi connectivity index (χ0v) is 15.8. The molecular formula is C15H23N5O7S. The van der Waals surface area contributed by atoms with Gasteiger partial charge < -0.3 is 25.6 Å². The number of hydroxylamine groups is 2. The van der Waals surface area contributed by atoms with E-state index in [-0.39, 0.29) is 24.3 Å². The molecule has 0 aromatic carbocycles. The highest BCUT2D eigenvalue weighted by Gasteiger charge is 2.64. The molecule has 3 heterocycles. The number of fused-ring (bicyclic) bond motifs is 3. The van der Waals surface area contributed by atoms with Gasteiger partial charge in [0.2, 0.25) is 0 Å². The lowest BCUT2D eigenvalue weighted by molar-refractivity contribution is -0.0527. The van der Waals surface area contributed by atoms with E-state index in [1.54, 1.807) is 6.07 Å². The fourth-order valence-corrected chi connectivity index (χ4v) is 4.51. The predicted molar refractivity (Wildman–Crippen MR) is 92.8 cm³/mol. The molecule has 0 unspecified atom stereocenters. The van der Waals surface area contributed by atoms with Crippen LogP contribution in [0.3, 0.4) is 0 Å². The largest absolute Gasteiger partial charge is 0.418 e. The second kappa shape index (κ2) is 6.93. The summed E-state index contributed by atoms with van der Waals surface area (Å²) in [5.74, 6) is 0.268. The van der Waals surface area contributed by atoms with Crippen LogP contribution in [0.5, 0.6) is 0 Å². The van der Waals surface area contributed by atoms with Gasteiger partial charge in [0, 0.05) is 32.2 Å². The molecule has 3 fully saturated rings. The number of nitrogens with two attached hydrogens (primary N) is 1. The van der Waals surface area contributed by atoms with E-state index in [0.717, 1.165) is 17.9 Å². The summed E-state index contributed by atoms with van der Waals surface area (Å²) in [5, 5.41) is 17.9. The number of aliphatic hydroxyl groups excluding tert-OH is 1. The first-order valence-electron chi connectivity index (χ1n) is 9.06. The molecule has 0 radical (unpaired) electrons. The number of hydrogen-bond donors (Lipinski definition) is 4. The van der Waals surface area contributed by atoms with Crippen LogP contribution >= 0.6 is 0 Å². The Labute approximate surface area is 161 Å². The second-order valence-corrected chi connectivity index (χ2v) is 8.53. The Kier molecular flexibility index (Phi) is 4.84. The smallest absolute Gasteiger partial charge is 0.384 e. The Hall–Kier alpha value is -1.77. The first-order chi connectivity index (χ1) is 13.2. The van der Waals surface area contributed by atoms with Gasteiger partial charge in [-0.05, 0) is 24.7 Å². The van der Waals surface area contributed by atoms with Gasteiger partial charge in [-0.3, -0.25) is 4.55 Å². The third-order valence-electron chi connectivity index (χ3n) is 5.71. The molecule has 1 saturated carbocycles. The quantitative estimate of drug-likeness (QED) is 0.314. The number of rotatable bonds is 8. The fourth-order valence-electron chi connectivity index (χ4n) is 4.14. The van der Waals surface area contributed by atoms with Crippen molar-refractivity contribution in [3.8, 4) is 0 Å². The summed E-state index contributed by atoms with van der Waals surface area (Å²) in [4.78, 5) is 14.2. The molecule has 2 bridgehead atoms. The van der Waals surface area contributed by atoms with E-state index < -0.39 is 34.6 Å². The first kappa shape index (κ1) is 19.5. The molecule has 28 heavy (non-hydrogen) atoms. The lowest BCUT2D eigenvalue weighted by atomic mass is 9.84. The molecule has 2 aliphatic heterocycles. The molecule has 3 aliphatic rings. The molecule has 3 atom stereocenters. The Morgan fingerprint density at radius 1 is 1.50 bits per heavy atom. The van der Waals surface area contributed by atoms with E-state index in [1.807, 2.05) is 0 Å². The third kappa shape index (κ3) is 3.49. The Bertz CT molecular complexity index is 855. The minimum absolute atomic E-state index is 0.251. The molecule has 1 spiro atoms. The number of amides is 2. The average Bonchev–Trinajstić information content (AvgIpc) is 3.12. The van der Waals surface area contributed by atoms with Crippen LogP contribution < -0.4 is 11.1 Å². The highest BCUT2D eigenvalue weighted by Crippen LogP contribution is 2.61. The zero-order valence-electron chi connectivity index (χ0n) is 15.0. The van der Waals surface area contributed by atoms with Crippen LogP contribution in [0.15, 0.2) is 10.6 Å². The van der Waals surface area contributed by atoms with Gasteiger partial charge in [0.05, 0.1) is 12.1 Å². The monoisotopic (exact) mass is 417 g/mol. The van der Waals surface area contributed by atoms with Gasteiger partial charge in [-0.2, -0.15) is 13.5 Å². The molecule has 2 amide bonds. The molecule has 1 aromatic heterocycles. The molecule has 1 aromatic rings. The summed E-state index contributed by atoms with van der Waals surface area (Å²) >= 11 is 0. The molecule has 1 aliphatic carbocycles. The van der Waals surface area contributed by atoms with Crippen LogP contribution in [-0.2, 0) is 14.7 Å². The maximum Gasteiger partial charge on any atom is 0.418 e. The van der Waals surface area contributed by atoms with E-state index in [0.29, 0.717) is 25.2 Å². The number of carbonyl (C=O) groups is 1. The van der Waals surface area contributed by atoms with E-state index in [4.69, 9.17) is 14.8 Å². The van der Waals surface area contributed by atoms with Crippen molar-refractivity contribution in [1.29, 1.82) is 0 Å². The minimum atomic E-state index is -4.81. The number of aliphatic hydroxyl groups is 1. The van der Waals surface area contributed by atoms with Gasteiger partial charge >= 0.3 is 16.4 Å². The standard InChI is InChI=1S/C15H23N5O7S/c16-3-4-17-7-11(21)12-5-9(18-26-12)10-6-15(1-2-15)13-8-19(10)14(22)20(13)27-28(23,24)25/h5,10-11,13,17,21H,1-4,6-8,16H2,(H,23,24,25)/t10-,11+,13-/m0/s1. The van der Waals surface area contributed by atoms with Gasteiger partial charge in [-0.15, -0.1) is 4.28 Å². The lowest BCUT2D eigenvalue weighted by Gasteiger charge is -2.35. The van der Waals surface area contributed by atoms with Gasteiger partial charge in [0.25, 0.3) is 0 Å². The average molecular weight is 417 g/mol. The van der Waals surface area contributed by atoms with E-state index in [1.165, 1.54) is 4.90 Å². The number of nitrogens with zero attached hydrogens (tertiary/aromatic N) is 3. The molecule has 12 nitrogen and oxygen atoms in total. The number of urea groups is 1. The molecule has 5 N–H and O–H groups in total. The number of piperidine rings is 1. The van der Waals surface area contributed by atoms with Crippen LogP contribution in [0, 0.1) is 5.41 Å². The van der Waals surface area contributed by atoms with Crippen LogP contribution in [0.2, 0.25) is 0 Å². The SMILES string of the molecule is NCCNC[C@@H](O)c1cc([C@@H]2CC3(CC3)[C@@H]3CN2C(=O)N3OS(=O)(=O)O)no1. The summed E-state index contributed by atoms with van der Waals surface area (Å²) in [6.45, 7) is 1.51. The maximum atomic E-state index is 12.7. The van der Waals surface area contributed by atoms with Crippen LogP contribution in [-0.4, -0.2) is 71.4 Å². The number of hydrogen-bond acceptors (Lipinski definition) is 9. The van der Waals surface area contributed by atoms with E-state index in [9.17, 15) is 18.3 Å². The van der Waals surface area contributed by atoms with Gasteiger partial charge in [-0.25, -0.2) is 4.79 Å². The van der Waals surface area contributed by atoms with Gasteiger partial charge in [0.15, 0.2) is 5.76 Å². The molecule has 2 saturated heterocycles. The van der Waals surface area contributed by atoms with Crippen LogP contribution in [0.1, 0.15) is 42.9 Å². The first-order valence-corrected chi connectivity index (χ1v) is 10.4. The highest BCUT2D eigenvalue weighted by molar-refractivity contribution is 7.80. The summed E-state index contributed by atoms with van der Waals surface area (Å²) < 4.78 is 41.1. The predicted octanol–water partition coefficient (Wildman–Crippen LogP) is -0.678. The van der Waals surface area contributed by atoms with Crippen LogP contribution in [0.25, 0.3) is 0 Å². The molecule has 13 heteroatoms. The third-order valence-corrected chi connectivity index (χ3v) is 6.06. The maximum absolute atomic E-state index is 12.7. The number of nitrogens with one attached hydrogen (secondary N) is 1. The molecule has 4 rings (SSSR count). The van der Waals surface area contributed by atoms with Crippen molar-refractivity contribution in [2.45, 2.75) is 37.5 Å². The fraction of sp³-hybridized carbons (Fsp3) is 0.733. The number of aromatic nitrogens is 1. The van der Waals surface area contributed by atoms with Crippen molar-refractivity contribution in [2.75, 3.05) is 26.2 Å². The second-order valence-electron chi connectivity index (χ2n) is 7.52. The number of carbonyl (C=O) groups excluding carboxylic acids is 1. The Morgan fingerprint density at radius 3 is 2.89 bits per heavy atom. The van der Waals surface area contributed by atoms with Crippen molar-refractivity contribution in [2.24, 2.45) is 11.1 Å². The van der Waals surface area contributed by atoms with Crippen molar-refractivity contribution in [1.82, 2.24) is 20.4 Å². The topological polar surface area (TPSA) is 171 Å². The summed E-state index contributed by atoms with van der Waals surface area (Å²) in [7, 11) is -4.81. The van der Waals surface area contributed by atoms with Crippen LogP contribution in [0.4, 0.5) is 4.79 Å². The van der Waals surface area contributed by atoms with Gasteiger partial charge in [-0.1, -0.05) is 5.16 Å². The van der Waals surface area contributed by atoms with Gasteiger partial charge in [0.1, 0.15) is 11.8 Å². The lowest BCUT2D eigenvalue weighted by Crippen LogP contribution is -2.43. The Balaban J connectivity index is 1.53. The van der Waals surface area contributed by atoms with E-state index >= 15 is 0 Å². The zero-order chi connectivity index (χ0) is 20.1. The summed E-state index contributed by atoms with van der Waals surface area (Å²) in [6, 6.07) is 0.0831. The Morgan fingerprint density at radius 2 is 2.25 bits per heavy atom. The van der Waals surface area contributed by atoms with Crippen molar-refractivity contribution in [3.05, 3.63) is 17.5 Å². The van der Waals surface area contributed by atoms with Crippen molar-refractivity contribution < 1.29 is 31.7 Å². The normalized spacial score (nSPS) is 26.9. The van der Waals surface area contributed by atoms with Crippen molar-refractivity contribution in [3.63, 3.8) is 0 Å². The summed E-state index contributed by atoms with van der Waals surface area (Å²) in [6.07, 6.45) is 1.29. The van der Waals surface area contributed by atoms with E-state index in [2.05, 4.69) is 14.8 Å². The minimum Gasteiger partial charge on any atom is -0.384 e.